The Morgan fingerprint density at radius 2 is 2.27 bits per heavy atom. The quantitative estimate of drug-likeness (QED) is 0.672. The minimum absolute atomic E-state index is 0.0505. The first-order chi connectivity index (χ1) is 10.6. The van der Waals surface area contributed by atoms with Crippen LogP contribution in [0.4, 0.5) is 11.4 Å². The molecule has 1 aliphatic heterocycles. The average molecular weight is 303 g/mol. The van der Waals surface area contributed by atoms with Crippen LogP contribution in [0.5, 0.6) is 5.75 Å². The Bertz CT molecular complexity index is 712. The summed E-state index contributed by atoms with van der Waals surface area (Å²) >= 11 is 0. The topological polar surface area (TPSA) is 95.1 Å². The number of nitro groups is 1. The summed E-state index contributed by atoms with van der Waals surface area (Å²) in [6.45, 7) is 2.93. The van der Waals surface area contributed by atoms with Gasteiger partial charge in [0.25, 0.3) is 0 Å². The summed E-state index contributed by atoms with van der Waals surface area (Å²) in [7, 11) is 1.42. The van der Waals surface area contributed by atoms with Gasteiger partial charge in [-0.15, -0.1) is 10.2 Å². The Morgan fingerprint density at radius 3 is 3.00 bits per heavy atom. The molecule has 0 aliphatic carbocycles. The lowest BCUT2D eigenvalue weighted by atomic mass is 10.2. The van der Waals surface area contributed by atoms with Gasteiger partial charge in [-0.3, -0.25) is 10.1 Å². The van der Waals surface area contributed by atoms with Gasteiger partial charge in [-0.2, -0.15) is 0 Å². The van der Waals surface area contributed by atoms with Gasteiger partial charge in [0.05, 0.1) is 18.1 Å². The van der Waals surface area contributed by atoms with Crippen LogP contribution in [0.3, 0.4) is 0 Å². The van der Waals surface area contributed by atoms with Crippen LogP contribution in [0.25, 0.3) is 0 Å². The molecule has 8 nitrogen and oxygen atoms in total. The van der Waals surface area contributed by atoms with Crippen LogP contribution in [-0.2, 0) is 13.0 Å². The number of ether oxygens (including phenoxy) is 1. The molecule has 1 unspecified atom stereocenters. The van der Waals surface area contributed by atoms with E-state index >= 15 is 0 Å². The smallest absolute Gasteiger partial charge is 0.311 e. The van der Waals surface area contributed by atoms with Crippen molar-refractivity contribution in [3.05, 3.63) is 40.0 Å². The minimum Gasteiger partial charge on any atom is -0.490 e. The normalized spacial score (nSPS) is 14.5. The second kappa shape index (κ2) is 5.63. The second-order valence-electron chi connectivity index (χ2n) is 5.24. The van der Waals surface area contributed by atoms with Crippen LogP contribution in [0.15, 0.2) is 18.2 Å². The molecular weight excluding hydrogens is 286 g/mol. The summed E-state index contributed by atoms with van der Waals surface area (Å²) in [5.74, 6) is 2.13. The number of nitrogens with one attached hydrogen (secondary N) is 1. The monoisotopic (exact) mass is 303 g/mol. The molecule has 2 heterocycles. The van der Waals surface area contributed by atoms with E-state index in [-0.39, 0.29) is 17.5 Å². The lowest BCUT2D eigenvalue weighted by molar-refractivity contribution is -0.385. The maximum Gasteiger partial charge on any atom is 0.311 e. The molecule has 1 aliphatic rings. The highest BCUT2D eigenvalue weighted by atomic mass is 16.6. The van der Waals surface area contributed by atoms with Crippen LogP contribution >= 0.6 is 0 Å². The van der Waals surface area contributed by atoms with Crippen molar-refractivity contribution >= 4 is 11.4 Å². The summed E-state index contributed by atoms with van der Waals surface area (Å²) in [6.07, 6.45) is 2.06. The molecular formula is C14H17N5O3. The number of rotatable bonds is 5. The van der Waals surface area contributed by atoms with Gasteiger partial charge in [-0.05, 0) is 19.4 Å². The van der Waals surface area contributed by atoms with E-state index in [0.29, 0.717) is 0 Å². The van der Waals surface area contributed by atoms with Crippen molar-refractivity contribution in [2.45, 2.75) is 32.4 Å². The number of hydrogen-bond acceptors (Lipinski definition) is 6. The molecule has 1 N–H and O–H groups in total. The van der Waals surface area contributed by atoms with E-state index in [1.54, 1.807) is 12.1 Å². The fourth-order valence-corrected chi connectivity index (χ4v) is 2.73. The zero-order valence-electron chi connectivity index (χ0n) is 12.4. The fraction of sp³-hybridized carbons (Fsp3) is 0.429. The summed E-state index contributed by atoms with van der Waals surface area (Å²) < 4.78 is 7.20. The highest BCUT2D eigenvalue weighted by molar-refractivity contribution is 5.58. The van der Waals surface area contributed by atoms with E-state index in [4.69, 9.17) is 4.74 Å². The number of fused-ring (bicyclic) bond motifs is 1. The van der Waals surface area contributed by atoms with Crippen LogP contribution in [0, 0.1) is 10.1 Å². The van der Waals surface area contributed by atoms with E-state index in [1.165, 1.54) is 13.2 Å². The predicted molar refractivity (Wildman–Crippen MR) is 80.0 cm³/mol. The van der Waals surface area contributed by atoms with Crippen molar-refractivity contribution < 1.29 is 9.66 Å². The highest BCUT2D eigenvalue weighted by Crippen LogP contribution is 2.31. The van der Waals surface area contributed by atoms with Crippen LogP contribution in [-0.4, -0.2) is 26.8 Å². The van der Waals surface area contributed by atoms with Gasteiger partial charge < -0.3 is 14.6 Å². The third-order valence-corrected chi connectivity index (χ3v) is 3.79. The molecule has 1 aromatic heterocycles. The molecule has 2 aromatic rings. The summed E-state index contributed by atoms with van der Waals surface area (Å²) in [5, 5.41) is 22.6. The van der Waals surface area contributed by atoms with E-state index in [0.717, 1.165) is 36.7 Å². The average Bonchev–Trinajstić information content (AvgIpc) is 3.09. The number of nitrogens with zero attached hydrogens (tertiary/aromatic N) is 4. The zero-order valence-corrected chi connectivity index (χ0v) is 12.4. The molecule has 0 spiro atoms. The first-order valence-electron chi connectivity index (χ1n) is 7.11. The number of aryl methyl sites for hydroxylation is 1. The third-order valence-electron chi connectivity index (χ3n) is 3.79. The first kappa shape index (κ1) is 14.3. The van der Waals surface area contributed by atoms with Crippen LogP contribution < -0.4 is 10.1 Å². The predicted octanol–water partition coefficient (Wildman–Crippen LogP) is 2.31. The number of anilines is 1. The molecule has 3 rings (SSSR count). The Balaban J connectivity index is 1.82. The molecule has 0 saturated heterocycles. The molecule has 0 radical (unpaired) electrons. The van der Waals surface area contributed by atoms with Crippen molar-refractivity contribution in [1.82, 2.24) is 14.8 Å². The number of methoxy groups -OCH3 is 1. The lowest BCUT2D eigenvalue weighted by Gasteiger charge is -2.15. The number of hydrogen-bond donors (Lipinski definition) is 1. The van der Waals surface area contributed by atoms with Gasteiger partial charge >= 0.3 is 5.69 Å². The van der Waals surface area contributed by atoms with Gasteiger partial charge in [-0.25, -0.2) is 0 Å². The van der Waals surface area contributed by atoms with E-state index in [2.05, 4.69) is 20.1 Å². The molecule has 0 saturated carbocycles. The number of nitro benzene ring substituents is 1. The Hall–Kier alpha value is -2.64. The SMILES string of the molecule is COc1cc(NC(C)c2nnc3n2CCC3)ccc1[N+](=O)[O-]. The van der Waals surface area contributed by atoms with Crippen LogP contribution in [0.1, 0.15) is 31.0 Å². The van der Waals surface area contributed by atoms with Crippen LogP contribution in [0.2, 0.25) is 0 Å². The summed E-state index contributed by atoms with van der Waals surface area (Å²) in [5.41, 5.74) is 0.689. The molecule has 1 atom stereocenters. The molecule has 116 valence electrons. The van der Waals surface area contributed by atoms with Crippen molar-refractivity contribution in [1.29, 1.82) is 0 Å². The van der Waals surface area contributed by atoms with Crippen molar-refractivity contribution in [3.8, 4) is 5.75 Å². The van der Waals surface area contributed by atoms with Gasteiger partial charge in [0.15, 0.2) is 11.6 Å². The lowest BCUT2D eigenvalue weighted by Crippen LogP contribution is -2.13. The molecule has 22 heavy (non-hydrogen) atoms. The first-order valence-corrected chi connectivity index (χ1v) is 7.11. The largest absolute Gasteiger partial charge is 0.490 e. The zero-order chi connectivity index (χ0) is 15.7. The summed E-state index contributed by atoms with van der Waals surface area (Å²) in [4.78, 5) is 10.5. The van der Waals surface area contributed by atoms with Crippen molar-refractivity contribution in [3.63, 3.8) is 0 Å². The number of benzene rings is 1. The molecule has 1 aromatic carbocycles. The molecule has 8 heteroatoms. The standard InChI is InChI=1S/C14H17N5O3/c1-9(14-17-16-13-4-3-7-18(13)14)15-10-5-6-11(19(20)21)12(8-10)22-2/h5-6,8-9,15H,3-4,7H2,1-2H3. The second-order valence-corrected chi connectivity index (χ2v) is 5.24. The Morgan fingerprint density at radius 1 is 1.45 bits per heavy atom. The Kier molecular flexibility index (Phi) is 3.66. The van der Waals surface area contributed by atoms with E-state index < -0.39 is 4.92 Å². The molecule has 0 fully saturated rings. The van der Waals surface area contributed by atoms with Gasteiger partial charge in [0.2, 0.25) is 0 Å². The summed E-state index contributed by atoms with van der Waals surface area (Å²) in [6, 6.07) is 4.67. The van der Waals surface area contributed by atoms with Crippen molar-refractivity contribution in [2.75, 3.05) is 12.4 Å². The minimum atomic E-state index is -0.461. The van der Waals surface area contributed by atoms with Gasteiger partial charge in [0.1, 0.15) is 5.82 Å². The van der Waals surface area contributed by atoms with E-state index in [9.17, 15) is 10.1 Å². The number of aromatic nitrogens is 3. The fourth-order valence-electron chi connectivity index (χ4n) is 2.73. The van der Waals surface area contributed by atoms with Gasteiger partial charge in [0, 0.05) is 30.8 Å². The third kappa shape index (κ3) is 2.47. The van der Waals surface area contributed by atoms with E-state index in [1.807, 2.05) is 6.92 Å². The highest BCUT2D eigenvalue weighted by Gasteiger charge is 2.22. The Labute approximate surface area is 127 Å². The maximum absolute atomic E-state index is 10.9. The molecule has 0 bridgehead atoms. The van der Waals surface area contributed by atoms with Gasteiger partial charge in [-0.1, -0.05) is 0 Å². The van der Waals surface area contributed by atoms with Crippen molar-refractivity contribution in [2.24, 2.45) is 0 Å². The molecule has 0 amide bonds. The maximum atomic E-state index is 10.9.